The van der Waals surface area contributed by atoms with Crippen molar-refractivity contribution in [2.24, 2.45) is 0 Å². The highest BCUT2D eigenvalue weighted by molar-refractivity contribution is 6.35. The molecule has 5 heteroatoms. The highest BCUT2D eigenvalue weighted by atomic mass is 35.5. The molecule has 1 aliphatic carbocycles. The van der Waals surface area contributed by atoms with Crippen LogP contribution >= 0.6 is 23.2 Å². The van der Waals surface area contributed by atoms with E-state index >= 15 is 0 Å². The molecule has 2 aromatic rings. The van der Waals surface area contributed by atoms with E-state index in [9.17, 15) is 4.79 Å². The minimum absolute atomic E-state index is 0.0276. The predicted octanol–water partition coefficient (Wildman–Crippen LogP) is 4.13. The smallest absolute Gasteiger partial charge is 0.230 e. The van der Waals surface area contributed by atoms with Crippen molar-refractivity contribution in [2.45, 2.75) is 31.2 Å². The fourth-order valence-corrected chi connectivity index (χ4v) is 3.47. The van der Waals surface area contributed by atoms with E-state index < -0.39 is 5.41 Å². The SMILES string of the molecule is O=C(NCc1ccncc1)C1(c2ccc(Cl)cc2Cl)CCC1. The summed E-state index contributed by atoms with van der Waals surface area (Å²) >= 11 is 12.3. The lowest BCUT2D eigenvalue weighted by Gasteiger charge is -2.41. The number of carbonyl (C=O) groups is 1. The summed E-state index contributed by atoms with van der Waals surface area (Å²) in [6.45, 7) is 0.494. The Labute approximate surface area is 139 Å². The first kappa shape index (κ1) is 15.3. The molecule has 1 N–H and O–H groups in total. The van der Waals surface area contributed by atoms with E-state index in [2.05, 4.69) is 10.3 Å². The topological polar surface area (TPSA) is 42.0 Å². The van der Waals surface area contributed by atoms with Crippen molar-refractivity contribution in [3.05, 3.63) is 63.9 Å². The standard InChI is InChI=1S/C17H16Cl2N2O/c18-13-2-3-14(15(19)10-13)17(6-1-7-17)16(22)21-11-12-4-8-20-9-5-12/h2-5,8-10H,1,6-7,11H2,(H,21,22). The van der Waals surface area contributed by atoms with Crippen LogP contribution in [0, 0.1) is 0 Å². The van der Waals surface area contributed by atoms with Gasteiger partial charge in [0.2, 0.25) is 5.91 Å². The lowest BCUT2D eigenvalue weighted by atomic mass is 9.63. The number of hydrogen-bond donors (Lipinski definition) is 1. The fraction of sp³-hybridized carbons (Fsp3) is 0.294. The zero-order valence-corrected chi connectivity index (χ0v) is 13.5. The van der Waals surface area contributed by atoms with E-state index in [0.717, 1.165) is 30.4 Å². The third-order valence-corrected chi connectivity index (χ3v) is 4.84. The van der Waals surface area contributed by atoms with Gasteiger partial charge in [0.15, 0.2) is 0 Å². The molecule has 0 unspecified atom stereocenters. The summed E-state index contributed by atoms with van der Waals surface area (Å²) in [7, 11) is 0. The number of pyridine rings is 1. The second-order valence-electron chi connectivity index (χ2n) is 5.60. The van der Waals surface area contributed by atoms with Gasteiger partial charge in [-0.3, -0.25) is 9.78 Å². The van der Waals surface area contributed by atoms with Crippen LogP contribution in [0.15, 0.2) is 42.7 Å². The second kappa shape index (κ2) is 6.27. The number of aromatic nitrogens is 1. The van der Waals surface area contributed by atoms with Crippen LogP contribution in [0.1, 0.15) is 30.4 Å². The van der Waals surface area contributed by atoms with Crippen LogP contribution in [-0.4, -0.2) is 10.9 Å². The highest BCUT2D eigenvalue weighted by Gasteiger charge is 2.46. The van der Waals surface area contributed by atoms with Crippen LogP contribution in [0.2, 0.25) is 10.0 Å². The number of nitrogens with zero attached hydrogens (tertiary/aromatic N) is 1. The molecule has 1 fully saturated rings. The van der Waals surface area contributed by atoms with Crippen molar-refractivity contribution in [1.82, 2.24) is 10.3 Å². The van der Waals surface area contributed by atoms with Crippen molar-refractivity contribution in [3.63, 3.8) is 0 Å². The molecule has 0 saturated heterocycles. The van der Waals surface area contributed by atoms with Gasteiger partial charge < -0.3 is 5.32 Å². The Morgan fingerprint density at radius 2 is 1.91 bits per heavy atom. The molecule has 1 heterocycles. The van der Waals surface area contributed by atoms with Gasteiger partial charge in [0.25, 0.3) is 0 Å². The molecule has 1 aromatic heterocycles. The summed E-state index contributed by atoms with van der Waals surface area (Å²) in [4.78, 5) is 16.7. The molecule has 114 valence electrons. The van der Waals surface area contributed by atoms with E-state index in [0.29, 0.717) is 16.6 Å². The van der Waals surface area contributed by atoms with Crippen LogP contribution in [0.25, 0.3) is 0 Å². The third-order valence-electron chi connectivity index (χ3n) is 4.29. The maximum atomic E-state index is 12.7. The van der Waals surface area contributed by atoms with Crippen LogP contribution < -0.4 is 5.32 Å². The number of benzene rings is 1. The Kier molecular flexibility index (Phi) is 4.37. The Hall–Kier alpha value is -1.58. The first-order valence-corrected chi connectivity index (χ1v) is 8.00. The Bertz CT molecular complexity index is 684. The van der Waals surface area contributed by atoms with Crippen molar-refractivity contribution in [1.29, 1.82) is 0 Å². The van der Waals surface area contributed by atoms with Crippen molar-refractivity contribution in [3.8, 4) is 0 Å². The van der Waals surface area contributed by atoms with Crippen molar-refractivity contribution >= 4 is 29.1 Å². The van der Waals surface area contributed by atoms with Gasteiger partial charge in [-0.15, -0.1) is 0 Å². The third kappa shape index (κ3) is 2.83. The van der Waals surface area contributed by atoms with Gasteiger partial charge in [-0.25, -0.2) is 0 Å². The number of rotatable bonds is 4. The summed E-state index contributed by atoms with van der Waals surface area (Å²) in [6.07, 6.45) is 6.10. The van der Waals surface area contributed by atoms with Crippen molar-refractivity contribution < 1.29 is 4.79 Å². The van der Waals surface area contributed by atoms with E-state index in [4.69, 9.17) is 23.2 Å². The highest BCUT2D eigenvalue weighted by Crippen LogP contribution is 2.47. The molecule has 0 radical (unpaired) electrons. The van der Waals surface area contributed by atoms with Gasteiger partial charge in [0.1, 0.15) is 0 Å². The zero-order valence-electron chi connectivity index (χ0n) is 12.0. The largest absolute Gasteiger partial charge is 0.351 e. The maximum absolute atomic E-state index is 12.7. The summed E-state index contributed by atoms with van der Waals surface area (Å²) in [5.41, 5.74) is 1.38. The summed E-state index contributed by atoms with van der Waals surface area (Å²) in [5, 5.41) is 4.17. The molecule has 22 heavy (non-hydrogen) atoms. The fourth-order valence-electron chi connectivity index (χ4n) is 2.88. The van der Waals surface area contributed by atoms with Gasteiger partial charge >= 0.3 is 0 Å². The van der Waals surface area contributed by atoms with Gasteiger partial charge in [0, 0.05) is 29.0 Å². The van der Waals surface area contributed by atoms with E-state index in [1.807, 2.05) is 18.2 Å². The number of nitrogens with one attached hydrogen (secondary N) is 1. The molecule has 1 aromatic carbocycles. The zero-order chi connectivity index (χ0) is 15.6. The van der Waals surface area contributed by atoms with Crippen LogP contribution in [0.3, 0.4) is 0 Å². The average molecular weight is 335 g/mol. The van der Waals surface area contributed by atoms with Gasteiger partial charge in [-0.05, 0) is 48.2 Å². The molecule has 3 nitrogen and oxygen atoms in total. The number of hydrogen-bond acceptors (Lipinski definition) is 2. The summed E-state index contributed by atoms with van der Waals surface area (Å²) < 4.78 is 0. The normalized spacial score (nSPS) is 15.9. The molecule has 0 aliphatic heterocycles. The molecule has 0 bridgehead atoms. The van der Waals surface area contributed by atoms with Crippen molar-refractivity contribution in [2.75, 3.05) is 0 Å². The maximum Gasteiger partial charge on any atom is 0.230 e. The lowest BCUT2D eigenvalue weighted by molar-refractivity contribution is -0.130. The van der Waals surface area contributed by atoms with Gasteiger partial charge in [-0.1, -0.05) is 35.7 Å². The lowest BCUT2D eigenvalue weighted by Crippen LogP contribution is -2.49. The first-order chi connectivity index (χ1) is 10.6. The average Bonchev–Trinajstić information content (AvgIpc) is 2.47. The Morgan fingerprint density at radius 1 is 1.18 bits per heavy atom. The predicted molar refractivity (Wildman–Crippen MR) is 88.1 cm³/mol. The molecule has 1 amide bonds. The molecule has 0 atom stereocenters. The minimum atomic E-state index is -0.519. The van der Waals surface area contributed by atoms with Crippen LogP contribution in [-0.2, 0) is 16.8 Å². The molecule has 3 rings (SSSR count). The summed E-state index contributed by atoms with van der Waals surface area (Å²) in [6, 6.07) is 9.15. The molecular weight excluding hydrogens is 319 g/mol. The van der Waals surface area contributed by atoms with E-state index in [1.165, 1.54) is 0 Å². The number of carbonyl (C=O) groups excluding carboxylic acids is 1. The second-order valence-corrected chi connectivity index (χ2v) is 6.44. The number of amides is 1. The van der Waals surface area contributed by atoms with Crippen LogP contribution in [0.4, 0.5) is 0 Å². The molecule has 1 aliphatic rings. The molecule has 0 spiro atoms. The van der Waals surface area contributed by atoms with E-state index in [-0.39, 0.29) is 5.91 Å². The van der Waals surface area contributed by atoms with E-state index in [1.54, 1.807) is 24.5 Å². The minimum Gasteiger partial charge on any atom is -0.351 e. The first-order valence-electron chi connectivity index (χ1n) is 7.24. The quantitative estimate of drug-likeness (QED) is 0.913. The van der Waals surface area contributed by atoms with Gasteiger partial charge in [-0.2, -0.15) is 0 Å². The van der Waals surface area contributed by atoms with Crippen LogP contribution in [0.5, 0.6) is 0 Å². The Balaban J connectivity index is 1.79. The molecule has 1 saturated carbocycles. The number of halogens is 2. The molecular formula is C17H16Cl2N2O. The monoisotopic (exact) mass is 334 g/mol. The Morgan fingerprint density at radius 3 is 2.50 bits per heavy atom. The summed E-state index contributed by atoms with van der Waals surface area (Å²) in [5.74, 6) is 0.0276. The van der Waals surface area contributed by atoms with Gasteiger partial charge in [0.05, 0.1) is 5.41 Å².